The van der Waals surface area contributed by atoms with Crippen LogP contribution in [0, 0.1) is 5.41 Å². The lowest BCUT2D eigenvalue weighted by atomic mass is 9.67. The molecule has 0 spiro atoms. The number of hydrogen-bond acceptors (Lipinski definition) is 4. The van der Waals surface area contributed by atoms with E-state index >= 15 is 0 Å². The molecule has 0 radical (unpaired) electrons. The van der Waals surface area contributed by atoms with Gasteiger partial charge < -0.3 is 20.1 Å². The maximum Gasteiger partial charge on any atom is 0.480 e. The molecule has 1 aliphatic rings. The van der Waals surface area contributed by atoms with Gasteiger partial charge >= 0.3 is 13.2 Å². The first-order valence-electron chi connectivity index (χ1n) is 6.25. The number of hydrogen-bond donors (Lipinski definition) is 3. The fourth-order valence-electron chi connectivity index (χ4n) is 1.89. The van der Waals surface area contributed by atoms with Crippen LogP contribution in [0.5, 0.6) is 0 Å². The lowest BCUT2D eigenvalue weighted by molar-refractivity contribution is 0.0487. The van der Waals surface area contributed by atoms with Crippen LogP contribution >= 0.6 is 0 Å². The van der Waals surface area contributed by atoms with Gasteiger partial charge in [0.1, 0.15) is 5.60 Å². The zero-order valence-corrected chi connectivity index (χ0v) is 11.3. The Hall–Kier alpha value is -1.01. The summed E-state index contributed by atoms with van der Waals surface area (Å²) in [6.45, 7) is 5.90. The second-order valence-electron chi connectivity index (χ2n) is 5.84. The van der Waals surface area contributed by atoms with Gasteiger partial charge in [-0.1, -0.05) is 18.5 Å². The third-order valence-corrected chi connectivity index (χ3v) is 2.95. The molecule has 0 aliphatic heterocycles. The lowest BCUT2D eigenvalue weighted by Crippen LogP contribution is -2.43. The van der Waals surface area contributed by atoms with Gasteiger partial charge in [0.15, 0.2) is 0 Å². The first-order chi connectivity index (χ1) is 8.22. The molecule has 0 atom stereocenters. The average Bonchev–Trinajstić information content (AvgIpc) is 2.12. The Bertz CT molecular complexity index is 319. The Morgan fingerprint density at radius 3 is 2.44 bits per heavy atom. The van der Waals surface area contributed by atoms with Crippen LogP contribution in [0.4, 0.5) is 4.79 Å². The van der Waals surface area contributed by atoms with Crippen molar-refractivity contribution >= 4 is 13.2 Å². The summed E-state index contributed by atoms with van der Waals surface area (Å²) in [7, 11) is -1.44. The van der Waals surface area contributed by atoms with E-state index < -0.39 is 18.8 Å². The van der Waals surface area contributed by atoms with Gasteiger partial charge in [0.2, 0.25) is 0 Å². The first kappa shape index (κ1) is 15.1. The Morgan fingerprint density at radius 2 is 2.06 bits per heavy atom. The van der Waals surface area contributed by atoms with Gasteiger partial charge in [0.05, 0.1) is 0 Å². The highest BCUT2D eigenvalue weighted by Gasteiger charge is 2.35. The number of ether oxygens (including phenoxy) is 1. The summed E-state index contributed by atoms with van der Waals surface area (Å²) in [6.07, 6.45) is 4.30. The van der Waals surface area contributed by atoms with Gasteiger partial charge in [-0.05, 0) is 33.6 Å². The van der Waals surface area contributed by atoms with E-state index in [4.69, 9.17) is 14.8 Å². The SMILES string of the molecule is CC(C)(C)OC(=O)NCC1(/C=C/B(O)O)CCC1. The molecular weight excluding hydrogens is 233 g/mol. The number of alkyl carbamates (subject to hydrolysis) is 1. The molecule has 0 aromatic rings. The Morgan fingerprint density at radius 1 is 1.44 bits per heavy atom. The Balaban J connectivity index is 2.43. The average molecular weight is 255 g/mol. The molecule has 0 heterocycles. The number of nitrogens with one attached hydrogen (secondary N) is 1. The number of amides is 1. The smallest absolute Gasteiger partial charge is 0.444 e. The zero-order chi connectivity index (χ0) is 13.8. The maximum atomic E-state index is 11.5. The predicted octanol–water partition coefficient (Wildman–Crippen LogP) is 1.25. The molecule has 1 rings (SSSR count). The molecule has 0 unspecified atom stereocenters. The summed E-state index contributed by atoms with van der Waals surface area (Å²) in [5, 5.41) is 20.4. The van der Waals surface area contributed by atoms with E-state index in [2.05, 4.69) is 5.32 Å². The van der Waals surface area contributed by atoms with Crippen molar-refractivity contribution in [1.82, 2.24) is 5.32 Å². The molecule has 5 nitrogen and oxygen atoms in total. The fourth-order valence-corrected chi connectivity index (χ4v) is 1.89. The second-order valence-corrected chi connectivity index (χ2v) is 5.84. The van der Waals surface area contributed by atoms with Crippen LogP contribution in [-0.2, 0) is 4.74 Å². The van der Waals surface area contributed by atoms with Gasteiger partial charge in [0, 0.05) is 12.0 Å². The zero-order valence-electron chi connectivity index (χ0n) is 11.3. The van der Waals surface area contributed by atoms with Crippen LogP contribution < -0.4 is 5.32 Å². The Labute approximate surface area is 108 Å². The van der Waals surface area contributed by atoms with Gasteiger partial charge in [-0.15, -0.1) is 0 Å². The summed E-state index contributed by atoms with van der Waals surface area (Å²) in [6, 6.07) is 0. The van der Waals surface area contributed by atoms with E-state index in [1.807, 2.05) is 20.8 Å². The van der Waals surface area contributed by atoms with Crippen molar-refractivity contribution < 1.29 is 19.6 Å². The highest BCUT2D eigenvalue weighted by molar-refractivity contribution is 6.47. The van der Waals surface area contributed by atoms with Crippen molar-refractivity contribution in [3.63, 3.8) is 0 Å². The van der Waals surface area contributed by atoms with Crippen molar-refractivity contribution in [3.05, 3.63) is 12.1 Å². The van der Waals surface area contributed by atoms with Gasteiger partial charge in [-0.25, -0.2) is 4.79 Å². The summed E-state index contributed by atoms with van der Waals surface area (Å²) in [4.78, 5) is 11.5. The predicted molar refractivity (Wildman–Crippen MR) is 69.9 cm³/mol. The van der Waals surface area contributed by atoms with Crippen LogP contribution in [0.15, 0.2) is 12.1 Å². The quantitative estimate of drug-likeness (QED) is 0.660. The molecular formula is C12H22BNO4. The Kier molecular flexibility index (Phi) is 4.81. The van der Waals surface area contributed by atoms with Crippen LogP contribution in [0.25, 0.3) is 0 Å². The molecule has 1 amide bonds. The van der Waals surface area contributed by atoms with Crippen molar-refractivity contribution in [1.29, 1.82) is 0 Å². The van der Waals surface area contributed by atoms with Crippen LogP contribution in [0.3, 0.4) is 0 Å². The molecule has 0 saturated heterocycles. The van der Waals surface area contributed by atoms with E-state index in [1.165, 1.54) is 5.98 Å². The highest BCUT2D eigenvalue weighted by atomic mass is 16.6. The minimum atomic E-state index is -1.44. The van der Waals surface area contributed by atoms with E-state index in [-0.39, 0.29) is 5.41 Å². The molecule has 18 heavy (non-hydrogen) atoms. The number of carbonyl (C=O) groups excluding carboxylic acids is 1. The molecule has 0 bridgehead atoms. The maximum absolute atomic E-state index is 11.5. The van der Waals surface area contributed by atoms with Gasteiger partial charge in [-0.2, -0.15) is 0 Å². The minimum Gasteiger partial charge on any atom is -0.444 e. The standard InChI is InChI=1S/C12H22BNO4/c1-11(2,3)18-10(15)14-9-12(5-4-6-12)7-8-13(16)17/h7-8,16-17H,4-6,9H2,1-3H3,(H,14,15)/b8-7+. The van der Waals surface area contributed by atoms with Crippen LogP contribution in [0.2, 0.25) is 0 Å². The lowest BCUT2D eigenvalue weighted by Gasteiger charge is -2.39. The monoisotopic (exact) mass is 255 g/mol. The summed E-state index contributed by atoms with van der Waals surface area (Å²) < 4.78 is 5.15. The number of carbonyl (C=O) groups is 1. The van der Waals surface area contributed by atoms with Gasteiger partial charge in [0.25, 0.3) is 0 Å². The van der Waals surface area contributed by atoms with Crippen molar-refractivity contribution in [2.45, 2.75) is 45.6 Å². The third kappa shape index (κ3) is 5.10. The minimum absolute atomic E-state index is 0.152. The number of rotatable bonds is 4. The molecule has 1 saturated carbocycles. The molecule has 1 aliphatic carbocycles. The molecule has 1 fully saturated rings. The molecule has 3 N–H and O–H groups in total. The molecule has 102 valence electrons. The summed E-state index contributed by atoms with van der Waals surface area (Å²) in [5.41, 5.74) is -0.658. The third-order valence-electron chi connectivity index (χ3n) is 2.95. The van der Waals surface area contributed by atoms with E-state index in [0.29, 0.717) is 6.54 Å². The van der Waals surface area contributed by atoms with E-state index in [1.54, 1.807) is 6.08 Å². The topological polar surface area (TPSA) is 78.8 Å². The highest BCUT2D eigenvalue weighted by Crippen LogP contribution is 2.41. The van der Waals surface area contributed by atoms with E-state index in [0.717, 1.165) is 19.3 Å². The molecule has 0 aromatic heterocycles. The van der Waals surface area contributed by atoms with Crippen LogP contribution in [0.1, 0.15) is 40.0 Å². The first-order valence-corrected chi connectivity index (χ1v) is 6.25. The normalized spacial score (nSPS) is 18.3. The molecule has 6 heteroatoms. The van der Waals surface area contributed by atoms with Crippen molar-refractivity contribution in [3.8, 4) is 0 Å². The van der Waals surface area contributed by atoms with Gasteiger partial charge in [-0.3, -0.25) is 0 Å². The van der Waals surface area contributed by atoms with Crippen LogP contribution in [-0.4, -0.2) is 35.4 Å². The summed E-state index contributed by atoms with van der Waals surface area (Å²) in [5.74, 6) is 1.34. The van der Waals surface area contributed by atoms with Crippen molar-refractivity contribution in [2.75, 3.05) is 6.54 Å². The molecule has 0 aromatic carbocycles. The second kappa shape index (κ2) is 5.76. The van der Waals surface area contributed by atoms with E-state index in [9.17, 15) is 4.79 Å². The largest absolute Gasteiger partial charge is 0.480 e. The fraction of sp³-hybridized carbons (Fsp3) is 0.750. The summed E-state index contributed by atoms with van der Waals surface area (Å²) >= 11 is 0. The van der Waals surface area contributed by atoms with Crippen molar-refractivity contribution in [2.24, 2.45) is 5.41 Å².